The Morgan fingerprint density at radius 1 is 1.31 bits per heavy atom. The van der Waals surface area contributed by atoms with Crippen LogP contribution in [0, 0.1) is 29.6 Å². The quantitative estimate of drug-likeness (QED) is 0.295. The van der Waals surface area contributed by atoms with Crippen LogP contribution in [0.15, 0.2) is 12.2 Å². The zero-order valence-corrected chi connectivity index (χ0v) is 15.9. The lowest BCUT2D eigenvalue weighted by Gasteiger charge is -2.21. The average Bonchev–Trinajstić information content (AvgIpc) is 2.86. The molecule has 148 valence electrons. The van der Waals surface area contributed by atoms with Crippen LogP contribution in [0.3, 0.4) is 0 Å². The number of unbranched alkanes of at least 4 members (excludes halogenated alkanes) is 3. The van der Waals surface area contributed by atoms with Crippen LogP contribution >= 0.6 is 0 Å². The summed E-state index contributed by atoms with van der Waals surface area (Å²) < 4.78 is 14.3. The van der Waals surface area contributed by atoms with Gasteiger partial charge in [-0.15, -0.1) is 11.8 Å². The number of hydrogen-bond donors (Lipinski definition) is 3. The lowest BCUT2D eigenvalue weighted by Crippen LogP contribution is -2.21. The van der Waals surface area contributed by atoms with Crippen molar-refractivity contribution in [2.75, 3.05) is 0 Å². The molecule has 0 aliphatic heterocycles. The molecule has 3 N–H and O–H groups in total. The first-order chi connectivity index (χ1) is 12.4. The van der Waals surface area contributed by atoms with E-state index in [1.54, 1.807) is 19.1 Å². The summed E-state index contributed by atoms with van der Waals surface area (Å²) in [6, 6.07) is 0. The van der Waals surface area contributed by atoms with Gasteiger partial charge in [-0.2, -0.15) is 0 Å². The molecule has 1 rings (SSSR count). The number of carboxylic acids is 1. The predicted octanol–water partition coefficient (Wildman–Crippen LogP) is 3.71. The van der Waals surface area contributed by atoms with Gasteiger partial charge in [0.05, 0.1) is 12.2 Å². The van der Waals surface area contributed by atoms with E-state index < -0.39 is 24.3 Å². The number of hydrogen-bond acceptors (Lipinski definition) is 3. The van der Waals surface area contributed by atoms with E-state index in [2.05, 4.69) is 11.8 Å². The maximum Gasteiger partial charge on any atom is 0.303 e. The van der Waals surface area contributed by atoms with E-state index in [1.807, 2.05) is 6.92 Å². The minimum absolute atomic E-state index is 0.00824. The Hall–Kier alpha value is -1.38. The second kappa shape index (κ2) is 12.1. The maximum absolute atomic E-state index is 14.3. The second-order valence-corrected chi connectivity index (χ2v) is 7.39. The molecule has 0 amide bonds. The van der Waals surface area contributed by atoms with Crippen molar-refractivity contribution >= 4 is 5.97 Å². The third-order valence-electron chi connectivity index (χ3n) is 5.26. The van der Waals surface area contributed by atoms with E-state index in [0.29, 0.717) is 19.3 Å². The molecule has 0 bridgehead atoms. The number of halogens is 1. The summed E-state index contributed by atoms with van der Waals surface area (Å²) in [7, 11) is 0. The topological polar surface area (TPSA) is 77.8 Å². The van der Waals surface area contributed by atoms with Gasteiger partial charge in [-0.05, 0) is 31.6 Å². The van der Waals surface area contributed by atoms with E-state index in [-0.39, 0.29) is 30.6 Å². The fraction of sp³-hybridized carbons (Fsp3) is 0.762. The SMILES string of the molecule is CC#CC[C@H](C)[C@H](O)C=C[C@@H]1[C@@H](CCCCCCC(=O)O)[C@@H](F)C[C@H]1O. The second-order valence-electron chi connectivity index (χ2n) is 7.39. The largest absolute Gasteiger partial charge is 0.481 e. The lowest BCUT2D eigenvalue weighted by molar-refractivity contribution is -0.137. The Balaban J connectivity index is 2.48. The average molecular weight is 368 g/mol. The molecule has 0 unspecified atom stereocenters. The van der Waals surface area contributed by atoms with Gasteiger partial charge in [-0.1, -0.05) is 38.3 Å². The summed E-state index contributed by atoms with van der Waals surface area (Å²) in [6.45, 7) is 3.68. The molecule has 0 heterocycles. The number of rotatable bonds is 11. The molecule has 1 fully saturated rings. The van der Waals surface area contributed by atoms with Crippen LogP contribution in [-0.4, -0.2) is 39.7 Å². The molecule has 0 aromatic carbocycles. The highest BCUT2D eigenvalue weighted by Crippen LogP contribution is 2.39. The first-order valence-corrected chi connectivity index (χ1v) is 9.66. The van der Waals surface area contributed by atoms with Crippen molar-refractivity contribution in [3.8, 4) is 11.8 Å². The van der Waals surface area contributed by atoms with Crippen LogP contribution in [0.4, 0.5) is 4.39 Å². The van der Waals surface area contributed by atoms with Gasteiger partial charge in [0, 0.05) is 25.2 Å². The summed E-state index contributed by atoms with van der Waals surface area (Å²) in [5, 5.41) is 29.0. The Labute approximate surface area is 156 Å². The van der Waals surface area contributed by atoms with E-state index in [4.69, 9.17) is 5.11 Å². The van der Waals surface area contributed by atoms with Crippen molar-refractivity contribution in [1.82, 2.24) is 0 Å². The molecule has 0 saturated heterocycles. The monoisotopic (exact) mass is 368 g/mol. The highest BCUT2D eigenvalue weighted by Gasteiger charge is 2.40. The zero-order chi connectivity index (χ0) is 19.5. The number of aliphatic hydroxyl groups is 2. The molecule has 0 spiro atoms. The molecule has 0 aromatic rings. The van der Waals surface area contributed by atoms with Gasteiger partial charge in [0.2, 0.25) is 0 Å². The summed E-state index contributed by atoms with van der Waals surface area (Å²) >= 11 is 0. The number of carboxylic acid groups (broad SMARTS) is 1. The Bertz CT molecular complexity index is 508. The highest BCUT2D eigenvalue weighted by atomic mass is 19.1. The smallest absolute Gasteiger partial charge is 0.303 e. The van der Waals surface area contributed by atoms with Crippen LogP contribution in [-0.2, 0) is 4.79 Å². The standard InChI is InChI=1S/C21H33FO4/c1-3-4-9-15(2)19(23)13-12-17-16(18(22)14-20(17)24)10-7-5-6-8-11-21(25)26/h12-13,15-20,23-24H,5-11,14H2,1-2H3,(H,25,26)/t15-,16+,17+,18-,19+,20+/m0/s1. The van der Waals surface area contributed by atoms with E-state index in [1.165, 1.54) is 0 Å². The maximum atomic E-state index is 14.3. The summed E-state index contributed by atoms with van der Waals surface area (Å²) in [5.41, 5.74) is 0. The van der Waals surface area contributed by atoms with E-state index in [0.717, 1.165) is 19.3 Å². The van der Waals surface area contributed by atoms with Gasteiger partial charge < -0.3 is 15.3 Å². The molecule has 26 heavy (non-hydrogen) atoms. The van der Waals surface area contributed by atoms with Gasteiger partial charge in [0.1, 0.15) is 6.17 Å². The minimum Gasteiger partial charge on any atom is -0.481 e. The van der Waals surface area contributed by atoms with Crippen LogP contribution < -0.4 is 0 Å². The zero-order valence-electron chi connectivity index (χ0n) is 15.9. The number of carbonyl (C=O) groups is 1. The number of aliphatic hydroxyl groups excluding tert-OH is 2. The van der Waals surface area contributed by atoms with Crippen LogP contribution in [0.1, 0.15) is 65.2 Å². The Morgan fingerprint density at radius 2 is 2.00 bits per heavy atom. The molecule has 0 aromatic heterocycles. The fourth-order valence-corrected chi connectivity index (χ4v) is 3.56. The van der Waals surface area contributed by atoms with Crippen molar-refractivity contribution in [3.63, 3.8) is 0 Å². The van der Waals surface area contributed by atoms with Gasteiger partial charge in [0.15, 0.2) is 0 Å². The van der Waals surface area contributed by atoms with Crippen molar-refractivity contribution in [2.45, 2.75) is 83.6 Å². The van der Waals surface area contributed by atoms with Crippen molar-refractivity contribution in [1.29, 1.82) is 0 Å². The van der Waals surface area contributed by atoms with E-state index in [9.17, 15) is 19.4 Å². The van der Waals surface area contributed by atoms with Gasteiger partial charge in [0.25, 0.3) is 0 Å². The molecular weight excluding hydrogens is 335 g/mol. The van der Waals surface area contributed by atoms with Crippen molar-refractivity contribution in [2.24, 2.45) is 17.8 Å². The van der Waals surface area contributed by atoms with Crippen LogP contribution in [0.5, 0.6) is 0 Å². The Morgan fingerprint density at radius 3 is 2.65 bits per heavy atom. The molecule has 1 aliphatic rings. The van der Waals surface area contributed by atoms with Crippen LogP contribution in [0.25, 0.3) is 0 Å². The first-order valence-electron chi connectivity index (χ1n) is 9.66. The van der Waals surface area contributed by atoms with Crippen LogP contribution in [0.2, 0.25) is 0 Å². The number of aliphatic carboxylic acids is 1. The fourth-order valence-electron chi connectivity index (χ4n) is 3.56. The van der Waals surface area contributed by atoms with Gasteiger partial charge >= 0.3 is 5.97 Å². The normalized spacial score (nSPS) is 27.9. The molecule has 1 saturated carbocycles. The highest BCUT2D eigenvalue weighted by molar-refractivity contribution is 5.66. The molecule has 4 nitrogen and oxygen atoms in total. The van der Waals surface area contributed by atoms with Gasteiger partial charge in [-0.25, -0.2) is 4.39 Å². The molecule has 6 atom stereocenters. The third-order valence-corrected chi connectivity index (χ3v) is 5.26. The molecule has 5 heteroatoms. The molecular formula is C21H33FO4. The van der Waals surface area contributed by atoms with E-state index >= 15 is 0 Å². The summed E-state index contributed by atoms with van der Waals surface area (Å²) in [5.74, 6) is 4.45. The summed E-state index contributed by atoms with van der Waals surface area (Å²) in [6.07, 6.45) is 5.83. The third kappa shape index (κ3) is 7.88. The van der Waals surface area contributed by atoms with Gasteiger partial charge in [-0.3, -0.25) is 4.79 Å². The van der Waals surface area contributed by atoms with Crippen molar-refractivity contribution < 1.29 is 24.5 Å². The minimum atomic E-state index is -1.03. The predicted molar refractivity (Wildman–Crippen MR) is 100 cm³/mol. The van der Waals surface area contributed by atoms with Crippen molar-refractivity contribution in [3.05, 3.63) is 12.2 Å². The first kappa shape index (κ1) is 22.7. The number of alkyl halides is 1. The molecule has 1 aliphatic carbocycles. The molecule has 0 radical (unpaired) electrons. The Kier molecular flexibility index (Phi) is 10.5. The lowest BCUT2D eigenvalue weighted by atomic mass is 9.87. The summed E-state index contributed by atoms with van der Waals surface area (Å²) in [4.78, 5) is 10.5.